The molecular formula is C14H28N2O4. The van der Waals surface area contributed by atoms with Crippen molar-refractivity contribution in [3.63, 3.8) is 0 Å². The van der Waals surface area contributed by atoms with E-state index in [1.807, 2.05) is 51.8 Å². The molecule has 0 aromatic carbocycles. The molecule has 0 aliphatic carbocycles. The summed E-state index contributed by atoms with van der Waals surface area (Å²) in [5.74, 6) is -0.470. The van der Waals surface area contributed by atoms with Crippen LogP contribution >= 0.6 is 0 Å². The molecule has 0 rings (SSSR count). The summed E-state index contributed by atoms with van der Waals surface area (Å²) < 4.78 is 10.4. The first-order valence-electron chi connectivity index (χ1n) is 6.95. The molecule has 0 saturated carbocycles. The van der Waals surface area contributed by atoms with Crippen molar-refractivity contribution < 1.29 is 19.1 Å². The Morgan fingerprint density at radius 2 is 1.10 bits per heavy atom. The van der Waals surface area contributed by atoms with Crippen molar-refractivity contribution in [3.05, 3.63) is 0 Å². The van der Waals surface area contributed by atoms with Crippen LogP contribution in [-0.4, -0.2) is 62.4 Å². The predicted molar refractivity (Wildman–Crippen MR) is 77.0 cm³/mol. The number of ether oxygens (including phenoxy) is 2. The monoisotopic (exact) mass is 288 g/mol. The van der Waals surface area contributed by atoms with Crippen LogP contribution in [-0.2, 0) is 19.1 Å². The molecule has 6 nitrogen and oxygen atoms in total. The number of hydrogen-bond acceptors (Lipinski definition) is 6. The quantitative estimate of drug-likeness (QED) is 0.363. The number of esters is 2. The molecule has 0 N–H and O–H groups in total. The van der Waals surface area contributed by atoms with E-state index in [1.165, 1.54) is 0 Å². The number of carbonyl (C=O) groups is 2. The minimum atomic E-state index is -0.235. The van der Waals surface area contributed by atoms with Crippen molar-refractivity contribution in [2.45, 2.75) is 52.0 Å². The Bertz CT molecular complexity index is 276. The molecule has 0 fully saturated rings. The maximum Gasteiger partial charge on any atom is 0.307 e. The lowest BCUT2D eigenvalue weighted by molar-refractivity contribution is -0.157. The van der Waals surface area contributed by atoms with Gasteiger partial charge in [0.15, 0.2) is 12.5 Å². The Kier molecular flexibility index (Phi) is 9.16. The van der Waals surface area contributed by atoms with Crippen LogP contribution in [0.4, 0.5) is 0 Å². The van der Waals surface area contributed by atoms with Crippen molar-refractivity contribution >= 4 is 11.9 Å². The van der Waals surface area contributed by atoms with E-state index in [0.717, 1.165) is 0 Å². The Morgan fingerprint density at radius 1 is 0.800 bits per heavy atom. The lowest BCUT2D eigenvalue weighted by Gasteiger charge is -2.20. The first kappa shape index (κ1) is 18.9. The van der Waals surface area contributed by atoms with E-state index < -0.39 is 0 Å². The van der Waals surface area contributed by atoms with Crippen LogP contribution in [0.3, 0.4) is 0 Å². The molecule has 2 unspecified atom stereocenters. The highest BCUT2D eigenvalue weighted by atomic mass is 16.6. The highest BCUT2D eigenvalue weighted by Gasteiger charge is 2.13. The van der Waals surface area contributed by atoms with Crippen LogP contribution < -0.4 is 0 Å². The second-order valence-corrected chi connectivity index (χ2v) is 5.31. The molecule has 118 valence electrons. The molecule has 0 spiro atoms. The summed E-state index contributed by atoms with van der Waals surface area (Å²) in [5, 5.41) is 0. The third kappa shape index (κ3) is 8.87. The van der Waals surface area contributed by atoms with Gasteiger partial charge in [-0.1, -0.05) is 0 Å². The van der Waals surface area contributed by atoms with Crippen molar-refractivity contribution in [3.8, 4) is 0 Å². The fourth-order valence-electron chi connectivity index (χ4n) is 1.25. The SMILES string of the molecule is CC(OC(=O)CCCCC(=O)OC(C)N(C)C)N(C)C. The third-order valence-corrected chi connectivity index (χ3v) is 3.07. The number of rotatable bonds is 9. The minimum Gasteiger partial charge on any atom is -0.447 e. The van der Waals surface area contributed by atoms with Crippen LogP contribution in [0.15, 0.2) is 0 Å². The number of nitrogens with zero attached hydrogens (tertiary/aromatic N) is 2. The molecule has 0 heterocycles. The average molecular weight is 288 g/mol. The van der Waals surface area contributed by atoms with E-state index in [2.05, 4.69) is 0 Å². The van der Waals surface area contributed by atoms with Gasteiger partial charge in [-0.05, 0) is 54.9 Å². The van der Waals surface area contributed by atoms with Gasteiger partial charge in [0, 0.05) is 12.8 Å². The Morgan fingerprint density at radius 3 is 1.35 bits per heavy atom. The van der Waals surface area contributed by atoms with E-state index >= 15 is 0 Å². The van der Waals surface area contributed by atoms with Gasteiger partial charge in [0.1, 0.15) is 0 Å². The molecule has 6 heteroatoms. The Labute approximate surface area is 122 Å². The average Bonchev–Trinajstić information content (AvgIpc) is 2.34. The number of carbonyl (C=O) groups excluding carboxylic acids is 2. The van der Waals surface area contributed by atoms with Gasteiger partial charge in [0.25, 0.3) is 0 Å². The summed E-state index contributed by atoms with van der Waals surface area (Å²) in [6.45, 7) is 3.63. The number of hydrogen-bond donors (Lipinski definition) is 0. The standard InChI is InChI=1S/C14H28N2O4/c1-11(15(3)4)19-13(17)9-7-8-10-14(18)20-12(2)16(5)6/h11-12H,7-10H2,1-6H3. The number of unbranched alkanes of at least 4 members (excludes halogenated alkanes) is 1. The first-order chi connectivity index (χ1) is 9.23. The van der Waals surface area contributed by atoms with Crippen LogP contribution in [0, 0.1) is 0 Å². The topological polar surface area (TPSA) is 59.1 Å². The van der Waals surface area contributed by atoms with Gasteiger partial charge in [0.2, 0.25) is 0 Å². The first-order valence-corrected chi connectivity index (χ1v) is 6.95. The Balaban J connectivity index is 3.71. The van der Waals surface area contributed by atoms with Gasteiger partial charge in [-0.2, -0.15) is 0 Å². The molecule has 20 heavy (non-hydrogen) atoms. The molecule has 0 amide bonds. The normalized spacial score (nSPS) is 14.2. The zero-order chi connectivity index (χ0) is 15.7. The van der Waals surface area contributed by atoms with Gasteiger partial charge >= 0.3 is 11.9 Å². The zero-order valence-electron chi connectivity index (χ0n) is 13.5. The largest absolute Gasteiger partial charge is 0.447 e. The van der Waals surface area contributed by atoms with E-state index in [4.69, 9.17) is 9.47 Å². The maximum atomic E-state index is 11.5. The fraction of sp³-hybridized carbons (Fsp3) is 0.857. The van der Waals surface area contributed by atoms with E-state index in [0.29, 0.717) is 25.7 Å². The molecule has 0 saturated heterocycles. The summed E-state index contributed by atoms with van der Waals surface area (Å²) in [4.78, 5) is 26.6. The van der Waals surface area contributed by atoms with Crippen LogP contribution in [0.1, 0.15) is 39.5 Å². The maximum absolute atomic E-state index is 11.5. The zero-order valence-corrected chi connectivity index (χ0v) is 13.5. The smallest absolute Gasteiger partial charge is 0.307 e. The summed E-state index contributed by atoms with van der Waals surface area (Å²) in [5.41, 5.74) is 0. The second-order valence-electron chi connectivity index (χ2n) is 5.31. The molecule has 0 radical (unpaired) electrons. The van der Waals surface area contributed by atoms with E-state index in [-0.39, 0.29) is 24.4 Å². The highest BCUT2D eigenvalue weighted by Crippen LogP contribution is 2.06. The molecule has 0 aromatic heterocycles. The van der Waals surface area contributed by atoms with Crippen molar-refractivity contribution in [1.82, 2.24) is 9.80 Å². The molecule has 0 aliphatic rings. The van der Waals surface area contributed by atoms with E-state index in [9.17, 15) is 9.59 Å². The summed E-state index contributed by atoms with van der Waals surface area (Å²) in [7, 11) is 7.39. The highest BCUT2D eigenvalue weighted by molar-refractivity contribution is 5.70. The molecule has 0 aromatic rings. The van der Waals surface area contributed by atoms with Gasteiger partial charge in [0.05, 0.1) is 0 Å². The van der Waals surface area contributed by atoms with Crippen LogP contribution in [0.5, 0.6) is 0 Å². The van der Waals surface area contributed by atoms with Crippen molar-refractivity contribution in [1.29, 1.82) is 0 Å². The van der Waals surface area contributed by atoms with Gasteiger partial charge in [-0.3, -0.25) is 19.4 Å². The van der Waals surface area contributed by atoms with Crippen LogP contribution in [0.25, 0.3) is 0 Å². The molecule has 0 bridgehead atoms. The predicted octanol–water partition coefficient (Wildman–Crippen LogP) is 1.45. The molecule has 2 atom stereocenters. The third-order valence-electron chi connectivity index (χ3n) is 3.07. The summed E-state index contributed by atoms with van der Waals surface area (Å²) in [6.07, 6.45) is 1.46. The van der Waals surface area contributed by atoms with E-state index in [1.54, 1.807) is 0 Å². The molecular weight excluding hydrogens is 260 g/mol. The fourth-order valence-corrected chi connectivity index (χ4v) is 1.25. The van der Waals surface area contributed by atoms with Crippen molar-refractivity contribution in [2.75, 3.05) is 28.2 Å². The van der Waals surface area contributed by atoms with Crippen molar-refractivity contribution in [2.24, 2.45) is 0 Å². The van der Waals surface area contributed by atoms with Crippen LogP contribution in [0.2, 0.25) is 0 Å². The van der Waals surface area contributed by atoms with Gasteiger partial charge in [-0.15, -0.1) is 0 Å². The summed E-state index contributed by atoms with van der Waals surface area (Å²) >= 11 is 0. The molecule has 0 aliphatic heterocycles. The minimum absolute atomic E-state index is 0.228. The second kappa shape index (κ2) is 9.72. The van der Waals surface area contributed by atoms with Gasteiger partial charge in [-0.25, -0.2) is 0 Å². The summed E-state index contributed by atoms with van der Waals surface area (Å²) in [6, 6.07) is 0. The Hall–Kier alpha value is -1.14. The van der Waals surface area contributed by atoms with Gasteiger partial charge < -0.3 is 9.47 Å². The lowest BCUT2D eigenvalue weighted by atomic mass is 10.2. The lowest BCUT2D eigenvalue weighted by Crippen LogP contribution is -2.30.